The average molecular weight is 511 g/mol. The van der Waals surface area contributed by atoms with Gasteiger partial charge in [-0.15, -0.1) is 0 Å². The van der Waals surface area contributed by atoms with E-state index in [1.807, 2.05) is 84.9 Å². The van der Waals surface area contributed by atoms with Gasteiger partial charge in [0.2, 0.25) is 0 Å². The van der Waals surface area contributed by atoms with Gasteiger partial charge in [-0.05, 0) is 36.3 Å². The minimum atomic E-state index is -0.628. The number of nitrogens with two attached hydrogens (primary N) is 1. The van der Waals surface area contributed by atoms with Crippen molar-refractivity contribution in [3.05, 3.63) is 118 Å². The Morgan fingerprint density at radius 2 is 1.68 bits per heavy atom. The number of hydrogen-bond acceptors (Lipinski definition) is 7. The zero-order valence-electron chi connectivity index (χ0n) is 20.2. The van der Waals surface area contributed by atoms with Gasteiger partial charge in [0.25, 0.3) is 0 Å². The number of benzene rings is 3. The van der Waals surface area contributed by atoms with E-state index in [4.69, 9.17) is 27.4 Å². The number of nitrogens with one attached hydrogen (secondary N) is 2. The molecule has 0 saturated heterocycles. The van der Waals surface area contributed by atoms with Crippen LogP contribution in [0.25, 0.3) is 5.70 Å². The number of ether oxygens (including phenoxy) is 2. The molecule has 5 rings (SSSR count). The second-order valence-corrected chi connectivity index (χ2v) is 8.85. The number of esters is 1. The Morgan fingerprint density at radius 3 is 2.41 bits per heavy atom. The molecule has 0 amide bonds. The molecule has 1 aliphatic heterocycles. The lowest BCUT2D eigenvalue weighted by Gasteiger charge is -2.32. The fourth-order valence-corrected chi connectivity index (χ4v) is 4.72. The van der Waals surface area contributed by atoms with E-state index in [2.05, 4.69) is 15.3 Å². The first-order valence-electron chi connectivity index (χ1n) is 12.0. The van der Waals surface area contributed by atoms with Gasteiger partial charge >= 0.3 is 5.97 Å². The van der Waals surface area contributed by atoms with Crippen molar-refractivity contribution in [3.63, 3.8) is 0 Å². The van der Waals surface area contributed by atoms with Gasteiger partial charge in [-0.2, -0.15) is 0 Å². The Morgan fingerprint density at radius 1 is 1.00 bits per heavy atom. The third-order valence-corrected chi connectivity index (χ3v) is 6.31. The van der Waals surface area contributed by atoms with E-state index in [0.29, 0.717) is 40.8 Å². The summed E-state index contributed by atoms with van der Waals surface area (Å²) in [4.78, 5) is 21.1. The van der Waals surface area contributed by atoms with Gasteiger partial charge in [-0.1, -0.05) is 78.9 Å². The Kier molecular flexibility index (Phi) is 7.00. The number of hydrogen-bond donors (Lipinski definition) is 3. The topological polar surface area (TPSA) is 102 Å². The van der Waals surface area contributed by atoms with Gasteiger partial charge in [-0.3, -0.25) is 0 Å². The second-order valence-electron chi connectivity index (χ2n) is 8.46. The summed E-state index contributed by atoms with van der Waals surface area (Å²) >= 11 is 5.32. The summed E-state index contributed by atoms with van der Waals surface area (Å²) in [7, 11) is 0. The van der Waals surface area contributed by atoms with E-state index < -0.39 is 11.9 Å². The third kappa shape index (κ3) is 4.96. The van der Waals surface area contributed by atoms with Crippen LogP contribution in [0.3, 0.4) is 0 Å². The predicted molar refractivity (Wildman–Crippen MR) is 147 cm³/mol. The third-order valence-electron chi connectivity index (χ3n) is 6.12. The minimum absolute atomic E-state index is 0.223. The van der Waals surface area contributed by atoms with Crippen LogP contribution < -0.4 is 15.8 Å². The Balaban J connectivity index is 1.73. The van der Waals surface area contributed by atoms with Crippen LogP contribution in [-0.4, -0.2) is 22.5 Å². The van der Waals surface area contributed by atoms with Gasteiger partial charge < -0.3 is 25.5 Å². The zero-order valence-corrected chi connectivity index (χ0v) is 21.0. The normalized spacial score (nSPS) is 14.5. The number of anilines is 2. The predicted octanol–water partition coefficient (Wildman–Crippen LogP) is 5.83. The van der Waals surface area contributed by atoms with Gasteiger partial charge in [0.1, 0.15) is 24.0 Å². The van der Waals surface area contributed by atoms with E-state index in [1.165, 1.54) is 0 Å². The molecule has 3 aromatic carbocycles. The molecule has 0 bridgehead atoms. The highest BCUT2D eigenvalue weighted by Gasteiger charge is 2.39. The number of para-hydroxylation sites is 1. The smallest absolute Gasteiger partial charge is 0.337 e. The van der Waals surface area contributed by atoms with E-state index in [9.17, 15) is 4.79 Å². The molecule has 0 aliphatic carbocycles. The molecule has 186 valence electrons. The van der Waals surface area contributed by atoms with Crippen molar-refractivity contribution in [1.29, 1.82) is 0 Å². The number of carbonyl (C=O) groups excluding carboxylic acids is 1. The van der Waals surface area contributed by atoms with Crippen LogP contribution in [-0.2, 0) is 16.1 Å². The lowest BCUT2D eigenvalue weighted by atomic mass is 9.80. The van der Waals surface area contributed by atoms with Gasteiger partial charge in [0, 0.05) is 11.1 Å². The summed E-state index contributed by atoms with van der Waals surface area (Å²) in [6.45, 7) is 2.37. The number of H-pyrrole nitrogens is 1. The fraction of sp³-hybridized carbons (Fsp3) is 0.138. The number of nitrogens with zero attached hydrogens (tertiary/aromatic N) is 1. The Labute approximate surface area is 220 Å². The van der Waals surface area contributed by atoms with Crippen LogP contribution >= 0.6 is 12.2 Å². The standard InChI is InChI=1S/C29H26N4O3S/c1-2-35-28(34)23-22(20-15-9-10-16-21(20)36-17-18-11-5-3-6-12-18)24-26(30)32-29(37)33-27(24)31-25(23)19-13-7-4-8-14-19/h3-16,22H,2,17H2,1H3,(H4,30,31,32,33,37). The summed E-state index contributed by atoms with van der Waals surface area (Å²) in [5, 5.41) is 3.32. The van der Waals surface area contributed by atoms with Crippen molar-refractivity contribution < 1.29 is 14.3 Å². The SMILES string of the molecule is CCOC(=O)C1=C(c2ccccc2)Nc2nc(=S)[nH]c(N)c2C1c1ccccc1OCc1ccccc1. The molecule has 0 radical (unpaired) electrons. The van der Waals surface area contributed by atoms with E-state index >= 15 is 0 Å². The molecule has 8 heteroatoms. The van der Waals surface area contributed by atoms with Crippen LogP contribution in [0.2, 0.25) is 0 Å². The van der Waals surface area contributed by atoms with Gasteiger partial charge in [0.05, 0.1) is 23.8 Å². The lowest BCUT2D eigenvalue weighted by molar-refractivity contribution is -0.138. The van der Waals surface area contributed by atoms with Crippen LogP contribution in [0.1, 0.15) is 35.1 Å². The number of carbonyl (C=O) groups is 1. The maximum atomic E-state index is 13.6. The van der Waals surface area contributed by atoms with Crippen molar-refractivity contribution in [2.45, 2.75) is 19.4 Å². The van der Waals surface area contributed by atoms with Crippen molar-refractivity contribution in [2.75, 3.05) is 17.7 Å². The monoisotopic (exact) mass is 510 g/mol. The molecule has 4 N–H and O–H groups in total. The highest BCUT2D eigenvalue weighted by atomic mass is 32.1. The first-order chi connectivity index (χ1) is 18.1. The molecular formula is C29H26N4O3S. The molecule has 1 aromatic heterocycles. The molecule has 1 aliphatic rings. The highest BCUT2D eigenvalue weighted by Crippen LogP contribution is 2.48. The van der Waals surface area contributed by atoms with E-state index in [0.717, 1.165) is 16.7 Å². The van der Waals surface area contributed by atoms with E-state index in [-0.39, 0.29) is 11.4 Å². The number of rotatable bonds is 7. The lowest BCUT2D eigenvalue weighted by Crippen LogP contribution is -2.27. The zero-order chi connectivity index (χ0) is 25.8. The molecule has 4 aromatic rings. The molecular weight excluding hydrogens is 484 g/mol. The quantitative estimate of drug-likeness (QED) is 0.212. The Hall–Kier alpha value is -4.43. The summed E-state index contributed by atoms with van der Waals surface area (Å²) in [6, 6.07) is 27.1. The number of aromatic nitrogens is 2. The average Bonchev–Trinajstić information content (AvgIpc) is 2.92. The van der Waals surface area contributed by atoms with Gasteiger partial charge in [0.15, 0.2) is 4.77 Å². The first kappa shape index (κ1) is 24.3. The van der Waals surface area contributed by atoms with E-state index in [1.54, 1.807) is 6.92 Å². The summed E-state index contributed by atoms with van der Waals surface area (Å²) < 4.78 is 12.1. The van der Waals surface area contributed by atoms with Crippen LogP contribution in [0.5, 0.6) is 5.75 Å². The maximum absolute atomic E-state index is 13.6. The van der Waals surface area contributed by atoms with Crippen molar-refractivity contribution in [3.8, 4) is 5.75 Å². The fourth-order valence-electron chi connectivity index (χ4n) is 4.52. The van der Waals surface area contributed by atoms with Crippen LogP contribution in [0, 0.1) is 4.77 Å². The number of aromatic amines is 1. The molecule has 7 nitrogen and oxygen atoms in total. The molecule has 37 heavy (non-hydrogen) atoms. The summed E-state index contributed by atoms with van der Waals surface area (Å²) in [5.74, 6) is 0.344. The van der Waals surface area contributed by atoms with Crippen LogP contribution in [0.4, 0.5) is 11.6 Å². The number of nitrogen functional groups attached to an aromatic ring is 1. The highest BCUT2D eigenvalue weighted by molar-refractivity contribution is 7.71. The molecule has 0 spiro atoms. The van der Waals surface area contributed by atoms with Crippen molar-refractivity contribution >= 4 is 35.5 Å². The molecule has 0 fully saturated rings. The minimum Gasteiger partial charge on any atom is -0.489 e. The Bertz CT molecular complexity index is 1520. The summed E-state index contributed by atoms with van der Waals surface area (Å²) in [6.07, 6.45) is 0. The van der Waals surface area contributed by atoms with Gasteiger partial charge in [-0.25, -0.2) is 9.78 Å². The largest absolute Gasteiger partial charge is 0.489 e. The number of fused-ring (bicyclic) bond motifs is 1. The summed E-state index contributed by atoms with van der Waals surface area (Å²) in [5.41, 5.74) is 10.7. The molecule has 1 unspecified atom stereocenters. The maximum Gasteiger partial charge on any atom is 0.337 e. The second kappa shape index (κ2) is 10.7. The first-order valence-corrected chi connectivity index (χ1v) is 12.4. The van der Waals surface area contributed by atoms with Crippen molar-refractivity contribution in [2.24, 2.45) is 0 Å². The molecule has 0 saturated carbocycles. The molecule has 1 atom stereocenters. The molecule has 2 heterocycles. The van der Waals surface area contributed by atoms with Crippen molar-refractivity contribution in [1.82, 2.24) is 9.97 Å². The van der Waals surface area contributed by atoms with Crippen LogP contribution in [0.15, 0.2) is 90.5 Å².